The van der Waals surface area contributed by atoms with Gasteiger partial charge in [0.25, 0.3) is 0 Å². The van der Waals surface area contributed by atoms with E-state index in [-0.39, 0.29) is 0 Å². The molecule has 1 heterocycles. The summed E-state index contributed by atoms with van der Waals surface area (Å²) in [4.78, 5) is 0. The molecule has 0 aliphatic rings. The van der Waals surface area contributed by atoms with Crippen LogP contribution in [0.1, 0.15) is 16.8 Å². The lowest BCUT2D eigenvalue weighted by molar-refractivity contribution is 0.295. The van der Waals surface area contributed by atoms with Crippen LogP contribution >= 0.6 is 11.6 Å². The van der Waals surface area contributed by atoms with E-state index in [1.54, 1.807) is 4.68 Å². The van der Waals surface area contributed by atoms with Gasteiger partial charge in [-0.05, 0) is 18.6 Å². The third kappa shape index (κ3) is 2.80. The number of halogens is 1. The van der Waals surface area contributed by atoms with E-state index in [1.165, 1.54) is 0 Å². The van der Waals surface area contributed by atoms with Crippen molar-refractivity contribution in [2.75, 3.05) is 0 Å². The number of nitrogens with zero attached hydrogens (tertiary/aromatic N) is 2. The van der Waals surface area contributed by atoms with Crippen LogP contribution in [0.25, 0.3) is 0 Å². The molecule has 0 saturated carbocycles. The molecule has 0 unspecified atom stereocenters. The van der Waals surface area contributed by atoms with Crippen LogP contribution in [0.2, 0.25) is 0 Å². The van der Waals surface area contributed by atoms with E-state index in [1.807, 2.05) is 44.4 Å². The molecule has 0 fully saturated rings. The summed E-state index contributed by atoms with van der Waals surface area (Å²) in [5.41, 5.74) is 3.03. The van der Waals surface area contributed by atoms with E-state index < -0.39 is 0 Å². The van der Waals surface area contributed by atoms with Crippen LogP contribution in [-0.2, 0) is 19.5 Å². The molecule has 3 nitrogen and oxygen atoms in total. The number of alkyl halides is 1. The summed E-state index contributed by atoms with van der Waals surface area (Å²) in [6, 6.07) is 7.93. The van der Waals surface area contributed by atoms with Gasteiger partial charge in [-0.2, -0.15) is 5.10 Å². The summed E-state index contributed by atoms with van der Waals surface area (Å²) in [5, 5.41) is 4.27. The average molecular weight is 251 g/mol. The second kappa shape index (κ2) is 5.23. The maximum atomic E-state index is 5.89. The Morgan fingerprint density at radius 3 is 2.82 bits per heavy atom. The normalized spacial score (nSPS) is 10.5. The molecule has 0 bridgehead atoms. The molecule has 0 amide bonds. The molecule has 90 valence electrons. The average Bonchev–Trinajstić information content (AvgIpc) is 2.73. The predicted molar refractivity (Wildman–Crippen MR) is 68.3 cm³/mol. The van der Waals surface area contributed by atoms with Gasteiger partial charge in [0.15, 0.2) is 0 Å². The number of para-hydroxylation sites is 1. The summed E-state index contributed by atoms with van der Waals surface area (Å²) >= 11 is 5.89. The lowest BCUT2D eigenvalue weighted by atomic mass is 10.1. The minimum Gasteiger partial charge on any atom is -0.487 e. The van der Waals surface area contributed by atoms with E-state index in [9.17, 15) is 0 Å². The highest BCUT2D eigenvalue weighted by atomic mass is 35.5. The molecule has 2 rings (SSSR count). The Balaban J connectivity index is 2.13. The van der Waals surface area contributed by atoms with E-state index in [2.05, 4.69) is 5.10 Å². The Labute approximate surface area is 106 Å². The van der Waals surface area contributed by atoms with Crippen LogP contribution in [0.3, 0.4) is 0 Å². The van der Waals surface area contributed by atoms with Gasteiger partial charge in [0, 0.05) is 18.8 Å². The van der Waals surface area contributed by atoms with Gasteiger partial charge < -0.3 is 4.74 Å². The number of benzene rings is 1. The fraction of sp³-hybridized carbons (Fsp3) is 0.308. The zero-order valence-corrected chi connectivity index (χ0v) is 10.7. The zero-order chi connectivity index (χ0) is 12.3. The van der Waals surface area contributed by atoms with E-state index in [0.717, 1.165) is 22.6 Å². The molecule has 17 heavy (non-hydrogen) atoms. The van der Waals surface area contributed by atoms with Crippen LogP contribution in [-0.4, -0.2) is 9.78 Å². The van der Waals surface area contributed by atoms with Gasteiger partial charge in [-0.1, -0.05) is 18.2 Å². The standard InChI is InChI=1S/C13H15ClN2O/c1-10-4-3-5-11(8-14)13(10)17-9-12-6-7-16(2)15-12/h3-7H,8-9H2,1-2H3. The number of hydrogen-bond donors (Lipinski definition) is 0. The van der Waals surface area contributed by atoms with Crippen molar-refractivity contribution in [1.82, 2.24) is 9.78 Å². The highest BCUT2D eigenvalue weighted by Crippen LogP contribution is 2.25. The molecule has 0 aliphatic heterocycles. The summed E-state index contributed by atoms with van der Waals surface area (Å²) in [6.07, 6.45) is 1.90. The molecule has 1 aromatic carbocycles. The largest absolute Gasteiger partial charge is 0.487 e. The van der Waals surface area contributed by atoms with Crippen LogP contribution < -0.4 is 4.74 Å². The van der Waals surface area contributed by atoms with Crippen molar-refractivity contribution in [1.29, 1.82) is 0 Å². The van der Waals surface area contributed by atoms with Crippen molar-refractivity contribution in [3.63, 3.8) is 0 Å². The molecular weight excluding hydrogens is 236 g/mol. The van der Waals surface area contributed by atoms with Gasteiger partial charge in [-0.25, -0.2) is 0 Å². The minimum absolute atomic E-state index is 0.458. The monoisotopic (exact) mass is 250 g/mol. The molecule has 4 heteroatoms. The first-order chi connectivity index (χ1) is 8.20. The highest BCUT2D eigenvalue weighted by molar-refractivity contribution is 6.17. The van der Waals surface area contributed by atoms with Crippen molar-refractivity contribution in [3.05, 3.63) is 47.3 Å². The van der Waals surface area contributed by atoms with E-state index in [4.69, 9.17) is 16.3 Å². The Kier molecular flexibility index (Phi) is 3.69. The first-order valence-corrected chi connectivity index (χ1v) is 6.00. The SMILES string of the molecule is Cc1cccc(CCl)c1OCc1ccn(C)n1. The van der Waals surface area contributed by atoms with Crippen molar-refractivity contribution < 1.29 is 4.74 Å². The van der Waals surface area contributed by atoms with Crippen LogP contribution in [0.4, 0.5) is 0 Å². The summed E-state index contributed by atoms with van der Waals surface area (Å²) in [7, 11) is 1.89. The molecule has 0 aliphatic carbocycles. The van der Waals surface area contributed by atoms with Crippen molar-refractivity contribution in [2.24, 2.45) is 7.05 Å². The topological polar surface area (TPSA) is 27.1 Å². The van der Waals surface area contributed by atoms with Crippen molar-refractivity contribution in [3.8, 4) is 5.75 Å². The lowest BCUT2D eigenvalue weighted by Gasteiger charge is -2.11. The number of aromatic nitrogens is 2. The number of ether oxygens (including phenoxy) is 1. The van der Waals surface area contributed by atoms with Gasteiger partial charge in [-0.15, -0.1) is 11.6 Å². The summed E-state index contributed by atoms with van der Waals surface area (Å²) < 4.78 is 7.56. The fourth-order valence-electron chi connectivity index (χ4n) is 1.71. The quantitative estimate of drug-likeness (QED) is 0.780. The third-order valence-electron chi connectivity index (χ3n) is 2.57. The third-order valence-corrected chi connectivity index (χ3v) is 2.86. The van der Waals surface area contributed by atoms with E-state index >= 15 is 0 Å². The first kappa shape index (κ1) is 12.0. The van der Waals surface area contributed by atoms with E-state index in [0.29, 0.717) is 12.5 Å². The zero-order valence-electron chi connectivity index (χ0n) is 9.98. The van der Waals surface area contributed by atoms with Crippen LogP contribution in [0.5, 0.6) is 5.75 Å². The Morgan fingerprint density at radius 1 is 1.35 bits per heavy atom. The Morgan fingerprint density at radius 2 is 2.18 bits per heavy atom. The van der Waals surface area contributed by atoms with Crippen LogP contribution in [0, 0.1) is 6.92 Å². The second-order valence-corrected chi connectivity index (χ2v) is 4.23. The lowest BCUT2D eigenvalue weighted by Crippen LogP contribution is -2.01. The number of aryl methyl sites for hydroxylation is 2. The number of rotatable bonds is 4. The smallest absolute Gasteiger partial charge is 0.132 e. The molecule has 0 saturated heterocycles. The Bertz CT molecular complexity index is 508. The molecular formula is C13H15ClN2O. The second-order valence-electron chi connectivity index (χ2n) is 3.97. The summed E-state index contributed by atoms with van der Waals surface area (Å²) in [6.45, 7) is 2.49. The maximum Gasteiger partial charge on any atom is 0.132 e. The Hall–Kier alpha value is -1.48. The van der Waals surface area contributed by atoms with Gasteiger partial charge in [0.1, 0.15) is 12.4 Å². The molecule has 1 aromatic heterocycles. The molecule has 2 aromatic rings. The van der Waals surface area contributed by atoms with Gasteiger partial charge in [0.2, 0.25) is 0 Å². The maximum absolute atomic E-state index is 5.89. The molecule has 0 radical (unpaired) electrons. The van der Waals surface area contributed by atoms with Gasteiger partial charge in [0.05, 0.1) is 11.6 Å². The van der Waals surface area contributed by atoms with Gasteiger partial charge >= 0.3 is 0 Å². The van der Waals surface area contributed by atoms with Crippen molar-refractivity contribution in [2.45, 2.75) is 19.4 Å². The molecule has 0 spiro atoms. The van der Waals surface area contributed by atoms with Crippen LogP contribution in [0.15, 0.2) is 30.5 Å². The minimum atomic E-state index is 0.458. The highest BCUT2D eigenvalue weighted by Gasteiger charge is 2.07. The number of hydrogen-bond acceptors (Lipinski definition) is 2. The first-order valence-electron chi connectivity index (χ1n) is 5.46. The fourth-order valence-corrected chi connectivity index (χ4v) is 1.92. The molecule has 0 N–H and O–H groups in total. The molecule has 0 atom stereocenters. The predicted octanol–water partition coefficient (Wildman–Crippen LogP) is 3.05. The van der Waals surface area contributed by atoms with Crippen molar-refractivity contribution >= 4 is 11.6 Å². The summed E-state index contributed by atoms with van der Waals surface area (Å²) in [5.74, 6) is 1.33. The van der Waals surface area contributed by atoms with Gasteiger partial charge in [-0.3, -0.25) is 4.68 Å².